The summed E-state index contributed by atoms with van der Waals surface area (Å²) in [7, 11) is 0. The Labute approximate surface area is 77.7 Å². The molecule has 9 nitrogen and oxygen atoms in total. The van der Waals surface area contributed by atoms with Gasteiger partial charge in [0.15, 0.2) is 0 Å². The lowest BCUT2D eigenvalue weighted by molar-refractivity contribution is -0.0597. The average molecular weight is 203 g/mol. The van der Waals surface area contributed by atoms with Crippen LogP contribution in [0.25, 0.3) is 0 Å². The van der Waals surface area contributed by atoms with Crippen LogP contribution in [0.3, 0.4) is 0 Å². The van der Waals surface area contributed by atoms with Gasteiger partial charge in [0.2, 0.25) is 5.82 Å². The first kappa shape index (κ1) is 10.6. The molecule has 1 rings (SSSR count). The van der Waals surface area contributed by atoms with E-state index in [0.29, 0.717) is 0 Å². The second kappa shape index (κ2) is 4.69. The third kappa shape index (κ3) is 2.28. The van der Waals surface area contributed by atoms with Crippen molar-refractivity contribution in [3.05, 3.63) is 10.7 Å². The minimum Gasteiger partial charge on any atom is -0.388 e. The lowest BCUT2D eigenvalue weighted by Gasteiger charge is -2.17. The molecule has 0 fully saturated rings. The standard InChI is InChI=1S/C5H9N5O4/c11-2(1-6-14)3(12)4(13)5-7-9-10-8-5/h2-4,11-13H,1H2,(H,7,8,9,10). The smallest absolute Gasteiger partial charge is 0.205 e. The number of nitrogens with zero attached hydrogens (tertiary/aromatic N) is 4. The number of aromatic nitrogens is 4. The quantitative estimate of drug-likeness (QED) is 0.394. The van der Waals surface area contributed by atoms with Gasteiger partial charge in [0.1, 0.15) is 24.9 Å². The van der Waals surface area contributed by atoms with Crippen LogP contribution in [0.4, 0.5) is 0 Å². The van der Waals surface area contributed by atoms with Crippen LogP contribution in [0.5, 0.6) is 0 Å². The van der Waals surface area contributed by atoms with Crippen molar-refractivity contribution in [1.82, 2.24) is 20.6 Å². The molecule has 0 bridgehead atoms. The van der Waals surface area contributed by atoms with Gasteiger partial charge in [-0.3, -0.25) is 0 Å². The highest BCUT2D eigenvalue weighted by Gasteiger charge is 2.28. The maximum atomic E-state index is 9.78. The Balaban J connectivity index is 2.60. The molecule has 0 aliphatic rings. The zero-order valence-electron chi connectivity index (χ0n) is 6.98. The van der Waals surface area contributed by atoms with Crippen LogP contribution < -0.4 is 0 Å². The molecule has 0 amide bonds. The van der Waals surface area contributed by atoms with Gasteiger partial charge in [-0.2, -0.15) is 10.1 Å². The number of H-pyrrole nitrogens is 1. The van der Waals surface area contributed by atoms with Crippen LogP contribution in [0.2, 0.25) is 0 Å². The summed E-state index contributed by atoms with van der Waals surface area (Å²) < 4.78 is 0. The number of tetrazole rings is 1. The Morgan fingerprint density at radius 2 is 2.14 bits per heavy atom. The fourth-order valence-electron chi connectivity index (χ4n) is 0.842. The highest BCUT2D eigenvalue weighted by molar-refractivity contribution is 4.91. The summed E-state index contributed by atoms with van der Waals surface area (Å²) in [6, 6.07) is 0. The van der Waals surface area contributed by atoms with Crippen molar-refractivity contribution in [3.8, 4) is 0 Å². The normalized spacial score (nSPS) is 17.4. The topological polar surface area (TPSA) is 145 Å². The molecule has 0 radical (unpaired) electrons. The molecule has 3 unspecified atom stereocenters. The van der Waals surface area contributed by atoms with Gasteiger partial charge in [0.25, 0.3) is 0 Å². The van der Waals surface area contributed by atoms with E-state index in [1.165, 1.54) is 0 Å². The molecule has 0 aliphatic carbocycles. The highest BCUT2D eigenvalue weighted by Crippen LogP contribution is 2.13. The summed E-state index contributed by atoms with van der Waals surface area (Å²) in [6.45, 7) is -0.518. The van der Waals surface area contributed by atoms with Crippen molar-refractivity contribution < 1.29 is 15.3 Å². The number of nitrogens with one attached hydrogen (secondary N) is 1. The summed E-state index contributed by atoms with van der Waals surface area (Å²) in [5.41, 5.74) is 0. The highest BCUT2D eigenvalue weighted by atomic mass is 16.4. The molecule has 0 saturated carbocycles. The zero-order valence-corrected chi connectivity index (χ0v) is 6.98. The lowest BCUT2D eigenvalue weighted by Crippen LogP contribution is -2.34. The number of aromatic amines is 1. The van der Waals surface area contributed by atoms with Crippen molar-refractivity contribution in [1.29, 1.82) is 0 Å². The summed E-state index contributed by atoms with van der Waals surface area (Å²) in [6.07, 6.45) is -4.54. The Hall–Kier alpha value is -1.45. The van der Waals surface area contributed by atoms with Crippen LogP contribution in [0.15, 0.2) is 5.18 Å². The van der Waals surface area contributed by atoms with Gasteiger partial charge in [0, 0.05) is 0 Å². The third-order valence-corrected chi connectivity index (χ3v) is 1.61. The zero-order chi connectivity index (χ0) is 10.6. The molecule has 9 heteroatoms. The van der Waals surface area contributed by atoms with Crippen molar-refractivity contribution >= 4 is 0 Å². The molecule has 0 aliphatic heterocycles. The molecule has 3 atom stereocenters. The van der Waals surface area contributed by atoms with Gasteiger partial charge < -0.3 is 15.3 Å². The monoisotopic (exact) mass is 203 g/mol. The first-order valence-electron chi connectivity index (χ1n) is 3.73. The number of rotatable bonds is 5. The predicted molar refractivity (Wildman–Crippen MR) is 41.8 cm³/mol. The molecule has 1 aromatic rings. The number of hydrogen-bond donors (Lipinski definition) is 4. The van der Waals surface area contributed by atoms with Gasteiger partial charge in [-0.1, -0.05) is 10.4 Å². The molecular formula is C5H9N5O4. The van der Waals surface area contributed by atoms with E-state index in [4.69, 9.17) is 5.11 Å². The molecule has 1 heterocycles. The first-order valence-corrected chi connectivity index (χ1v) is 3.73. The van der Waals surface area contributed by atoms with Crippen LogP contribution >= 0.6 is 0 Å². The van der Waals surface area contributed by atoms with Gasteiger partial charge in [-0.05, 0) is 0 Å². The Morgan fingerprint density at radius 3 is 2.64 bits per heavy atom. The Kier molecular flexibility index (Phi) is 3.56. The summed E-state index contributed by atoms with van der Waals surface area (Å²) >= 11 is 0. The lowest BCUT2D eigenvalue weighted by atomic mass is 10.1. The largest absolute Gasteiger partial charge is 0.388 e. The van der Waals surface area contributed by atoms with Crippen LogP contribution in [-0.2, 0) is 0 Å². The van der Waals surface area contributed by atoms with Crippen molar-refractivity contribution in [3.63, 3.8) is 0 Å². The van der Waals surface area contributed by atoms with Crippen LogP contribution in [0, 0.1) is 4.91 Å². The number of hydrogen-bond acceptors (Lipinski definition) is 8. The average Bonchev–Trinajstić information content (AvgIpc) is 2.68. The van der Waals surface area contributed by atoms with E-state index in [2.05, 4.69) is 25.8 Å². The van der Waals surface area contributed by atoms with Crippen molar-refractivity contribution in [2.45, 2.75) is 18.3 Å². The fourth-order valence-corrected chi connectivity index (χ4v) is 0.842. The minimum absolute atomic E-state index is 0.164. The van der Waals surface area contributed by atoms with Gasteiger partial charge >= 0.3 is 0 Å². The molecule has 1 aromatic heterocycles. The van der Waals surface area contributed by atoms with E-state index < -0.39 is 24.9 Å². The molecule has 0 saturated heterocycles. The summed E-state index contributed by atoms with van der Waals surface area (Å²) in [5.74, 6) is -0.164. The van der Waals surface area contributed by atoms with E-state index in [9.17, 15) is 15.1 Å². The minimum atomic E-state index is -1.58. The van der Waals surface area contributed by atoms with Crippen molar-refractivity contribution in [2.75, 3.05) is 6.54 Å². The van der Waals surface area contributed by atoms with Crippen LogP contribution in [0.1, 0.15) is 11.9 Å². The SMILES string of the molecule is O=NCC(O)C(O)C(O)c1nn[nH]n1. The first-order chi connectivity index (χ1) is 6.66. The second-order valence-corrected chi connectivity index (χ2v) is 2.58. The van der Waals surface area contributed by atoms with E-state index in [1.807, 2.05) is 0 Å². The second-order valence-electron chi connectivity index (χ2n) is 2.58. The Morgan fingerprint density at radius 1 is 1.43 bits per heavy atom. The molecule has 0 spiro atoms. The molecule has 4 N–H and O–H groups in total. The van der Waals surface area contributed by atoms with E-state index in [-0.39, 0.29) is 5.82 Å². The maximum absolute atomic E-state index is 9.78. The summed E-state index contributed by atoms with van der Waals surface area (Å²) in [4.78, 5) is 9.78. The van der Waals surface area contributed by atoms with E-state index in [0.717, 1.165) is 0 Å². The number of aliphatic hydroxyl groups is 3. The van der Waals surface area contributed by atoms with Gasteiger partial charge in [0.05, 0.1) is 0 Å². The van der Waals surface area contributed by atoms with Crippen molar-refractivity contribution in [2.24, 2.45) is 5.18 Å². The van der Waals surface area contributed by atoms with Crippen LogP contribution in [-0.4, -0.2) is 54.7 Å². The molecular weight excluding hydrogens is 194 g/mol. The number of nitroso groups, excluding NO2 is 1. The number of aliphatic hydroxyl groups excluding tert-OH is 3. The van der Waals surface area contributed by atoms with E-state index >= 15 is 0 Å². The van der Waals surface area contributed by atoms with Gasteiger partial charge in [-0.15, -0.1) is 10.2 Å². The maximum Gasteiger partial charge on any atom is 0.205 e. The summed E-state index contributed by atoms with van der Waals surface area (Å²) in [5, 5.41) is 42.1. The molecule has 14 heavy (non-hydrogen) atoms. The fraction of sp³-hybridized carbons (Fsp3) is 0.800. The Bertz CT molecular complexity index is 278. The third-order valence-electron chi connectivity index (χ3n) is 1.61. The van der Waals surface area contributed by atoms with E-state index in [1.54, 1.807) is 0 Å². The molecule has 0 aromatic carbocycles. The van der Waals surface area contributed by atoms with Gasteiger partial charge in [-0.25, -0.2) is 0 Å². The predicted octanol–water partition coefficient (Wildman–Crippen LogP) is -2.28. The molecule has 78 valence electrons.